The Morgan fingerprint density at radius 2 is 2.11 bits per heavy atom. The third-order valence-corrected chi connectivity index (χ3v) is 4.52. The summed E-state index contributed by atoms with van der Waals surface area (Å²) < 4.78 is 0. The van der Waals surface area contributed by atoms with E-state index in [1.165, 1.54) is 0 Å². The zero-order valence-corrected chi connectivity index (χ0v) is 11.8. The Balaban J connectivity index is 2.03. The van der Waals surface area contributed by atoms with Crippen LogP contribution in [0.4, 0.5) is 0 Å². The first-order chi connectivity index (χ1) is 9.11. The predicted octanol–water partition coefficient (Wildman–Crippen LogP) is 0.562. The third kappa shape index (κ3) is 2.90. The van der Waals surface area contributed by atoms with Gasteiger partial charge in [-0.25, -0.2) is 0 Å². The minimum Gasteiger partial charge on any atom is -0.339 e. The van der Waals surface area contributed by atoms with Crippen LogP contribution in [0.2, 0.25) is 0 Å². The second kappa shape index (κ2) is 5.89. The molecule has 5 nitrogen and oxygen atoms in total. The number of carbonyl (C=O) groups excluding carboxylic acids is 1. The number of carbonyl (C=O) groups is 1. The lowest BCUT2D eigenvalue weighted by Crippen LogP contribution is -2.54. The summed E-state index contributed by atoms with van der Waals surface area (Å²) in [5.41, 5.74) is 5.11. The van der Waals surface area contributed by atoms with Crippen molar-refractivity contribution in [1.29, 1.82) is 5.26 Å². The lowest BCUT2D eigenvalue weighted by molar-refractivity contribution is -0.142. The first-order valence-corrected chi connectivity index (χ1v) is 7.30. The SMILES string of the molecule is CCN1CCN(C(=O)C2(C#N)CCCC(N)C2)CC1. The number of nitriles is 1. The molecule has 2 atom stereocenters. The zero-order valence-electron chi connectivity index (χ0n) is 11.8. The molecular weight excluding hydrogens is 240 g/mol. The van der Waals surface area contributed by atoms with Crippen molar-refractivity contribution in [2.24, 2.45) is 11.1 Å². The molecule has 5 heteroatoms. The van der Waals surface area contributed by atoms with Crippen LogP contribution in [-0.2, 0) is 4.79 Å². The van der Waals surface area contributed by atoms with Gasteiger partial charge in [-0.2, -0.15) is 5.26 Å². The third-order valence-electron chi connectivity index (χ3n) is 4.52. The van der Waals surface area contributed by atoms with Crippen molar-refractivity contribution >= 4 is 5.91 Å². The Kier molecular flexibility index (Phi) is 4.43. The molecule has 2 aliphatic rings. The molecule has 1 saturated carbocycles. The average molecular weight is 264 g/mol. The van der Waals surface area contributed by atoms with E-state index in [2.05, 4.69) is 17.9 Å². The number of rotatable bonds is 2. The van der Waals surface area contributed by atoms with E-state index in [0.29, 0.717) is 12.8 Å². The lowest BCUT2D eigenvalue weighted by Gasteiger charge is -2.40. The summed E-state index contributed by atoms with van der Waals surface area (Å²) >= 11 is 0. The van der Waals surface area contributed by atoms with E-state index in [0.717, 1.165) is 45.6 Å². The van der Waals surface area contributed by atoms with Crippen molar-refractivity contribution in [2.45, 2.75) is 38.6 Å². The van der Waals surface area contributed by atoms with Gasteiger partial charge in [0.05, 0.1) is 6.07 Å². The van der Waals surface area contributed by atoms with Gasteiger partial charge in [-0.05, 0) is 32.2 Å². The van der Waals surface area contributed by atoms with Crippen LogP contribution in [0.5, 0.6) is 0 Å². The Morgan fingerprint density at radius 3 is 2.63 bits per heavy atom. The maximum Gasteiger partial charge on any atom is 0.243 e. The molecule has 0 radical (unpaired) electrons. The summed E-state index contributed by atoms with van der Waals surface area (Å²) in [7, 11) is 0. The molecule has 1 aliphatic heterocycles. The average Bonchev–Trinajstić information content (AvgIpc) is 2.46. The van der Waals surface area contributed by atoms with Crippen LogP contribution in [0.1, 0.15) is 32.6 Å². The number of nitrogens with zero attached hydrogens (tertiary/aromatic N) is 3. The van der Waals surface area contributed by atoms with Crippen LogP contribution < -0.4 is 5.73 Å². The second-order valence-electron chi connectivity index (χ2n) is 5.78. The van der Waals surface area contributed by atoms with E-state index in [9.17, 15) is 10.1 Å². The molecule has 0 aromatic rings. The molecule has 2 fully saturated rings. The van der Waals surface area contributed by atoms with Gasteiger partial charge in [0.1, 0.15) is 5.41 Å². The number of nitrogens with two attached hydrogens (primary N) is 1. The molecule has 2 unspecified atom stereocenters. The van der Waals surface area contributed by atoms with Crippen LogP contribution in [0, 0.1) is 16.7 Å². The topological polar surface area (TPSA) is 73.4 Å². The first kappa shape index (κ1) is 14.3. The van der Waals surface area contributed by atoms with Crippen LogP contribution in [-0.4, -0.2) is 54.5 Å². The Hall–Kier alpha value is -1.12. The largest absolute Gasteiger partial charge is 0.339 e. The van der Waals surface area contributed by atoms with E-state index >= 15 is 0 Å². The highest BCUT2D eigenvalue weighted by molar-refractivity contribution is 5.85. The monoisotopic (exact) mass is 264 g/mol. The van der Waals surface area contributed by atoms with E-state index in [1.807, 2.05) is 4.90 Å². The van der Waals surface area contributed by atoms with Crippen molar-refractivity contribution in [1.82, 2.24) is 9.80 Å². The number of piperazine rings is 1. The molecule has 2 N–H and O–H groups in total. The lowest BCUT2D eigenvalue weighted by atomic mass is 9.72. The highest BCUT2D eigenvalue weighted by Crippen LogP contribution is 2.37. The van der Waals surface area contributed by atoms with E-state index in [4.69, 9.17) is 5.73 Å². The van der Waals surface area contributed by atoms with Gasteiger partial charge in [-0.1, -0.05) is 6.92 Å². The van der Waals surface area contributed by atoms with Crippen LogP contribution in [0.25, 0.3) is 0 Å². The van der Waals surface area contributed by atoms with Crippen molar-refractivity contribution in [3.63, 3.8) is 0 Å². The predicted molar refractivity (Wildman–Crippen MR) is 73.2 cm³/mol. The highest BCUT2D eigenvalue weighted by Gasteiger charge is 2.45. The van der Waals surface area contributed by atoms with E-state index < -0.39 is 5.41 Å². The van der Waals surface area contributed by atoms with Crippen LogP contribution in [0.15, 0.2) is 0 Å². The number of hydrogen-bond acceptors (Lipinski definition) is 4. The van der Waals surface area contributed by atoms with E-state index in [-0.39, 0.29) is 11.9 Å². The molecule has 2 rings (SSSR count). The van der Waals surface area contributed by atoms with E-state index in [1.54, 1.807) is 0 Å². The van der Waals surface area contributed by atoms with Gasteiger partial charge in [-0.3, -0.25) is 4.79 Å². The van der Waals surface area contributed by atoms with Gasteiger partial charge in [0.25, 0.3) is 0 Å². The minimum atomic E-state index is -0.855. The van der Waals surface area contributed by atoms with Crippen molar-refractivity contribution < 1.29 is 4.79 Å². The normalized spacial score (nSPS) is 32.9. The zero-order chi connectivity index (χ0) is 13.9. The molecule has 106 valence electrons. The van der Waals surface area contributed by atoms with Crippen LogP contribution in [0.3, 0.4) is 0 Å². The molecule has 19 heavy (non-hydrogen) atoms. The maximum atomic E-state index is 12.7. The molecule has 1 aliphatic carbocycles. The fourth-order valence-corrected chi connectivity index (χ4v) is 3.23. The van der Waals surface area contributed by atoms with Crippen LogP contribution >= 0.6 is 0 Å². The minimum absolute atomic E-state index is 0.00530. The van der Waals surface area contributed by atoms with Gasteiger partial charge in [0.15, 0.2) is 0 Å². The van der Waals surface area contributed by atoms with Gasteiger partial charge in [-0.15, -0.1) is 0 Å². The molecule has 1 amide bonds. The second-order valence-corrected chi connectivity index (χ2v) is 5.78. The summed E-state index contributed by atoms with van der Waals surface area (Å²) in [6.45, 7) is 6.47. The smallest absolute Gasteiger partial charge is 0.243 e. The van der Waals surface area contributed by atoms with Crippen molar-refractivity contribution in [2.75, 3.05) is 32.7 Å². The molecule has 1 saturated heterocycles. The van der Waals surface area contributed by atoms with Gasteiger partial charge in [0.2, 0.25) is 5.91 Å². The standard InChI is InChI=1S/C14H24N4O/c1-2-17-6-8-18(9-7-17)13(19)14(11-15)5-3-4-12(16)10-14/h12H,2-10,16H2,1H3. The van der Waals surface area contributed by atoms with Gasteiger partial charge < -0.3 is 15.5 Å². The molecule has 0 spiro atoms. The number of likely N-dealkylation sites (N-methyl/N-ethyl adjacent to an activating group) is 1. The summed E-state index contributed by atoms with van der Waals surface area (Å²) in [6, 6.07) is 2.28. The Morgan fingerprint density at radius 1 is 1.42 bits per heavy atom. The quantitative estimate of drug-likeness (QED) is 0.791. The molecule has 0 bridgehead atoms. The Bertz CT molecular complexity index is 370. The van der Waals surface area contributed by atoms with Crippen molar-refractivity contribution in [3.05, 3.63) is 0 Å². The summed E-state index contributed by atoms with van der Waals surface area (Å²) in [5.74, 6) is 0.0147. The molecule has 0 aromatic heterocycles. The van der Waals surface area contributed by atoms with Gasteiger partial charge >= 0.3 is 0 Å². The summed E-state index contributed by atoms with van der Waals surface area (Å²) in [4.78, 5) is 16.9. The highest BCUT2D eigenvalue weighted by atomic mass is 16.2. The fourth-order valence-electron chi connectivity index (χ4n) is 3.23. The maximum absolute atomic E-state index is 12.7. The number of amides is 1. The first-order valence-electron chi connectivity index (χ1n) is 7.30. The van der Waals surface area contributed by atoms with Crippen molar-refractivity contribution in [3.8, 4) is 6.07 Å². The molecule has 1 heterocycles. The molecule has 0 aromatic carbocycles. The molecular formula is C14H24N4O. The summed E-state index contributed by atoms with van der Waals surface area (Å²) in [6.07, 6.45) is 3.01. The number of hydrogen-bond donors (Lipinski definition) is 1. The Labute approximate surface area is 115 Å². The fraction of sp³-hybridized carbons (Fsp3) is 0.857. The summed E-state index contributed by atoms with van der Waals surface area (Å²) in [5, 5.41) is 9.50. The van der Waals surface area contributed by atoms with Gasteiger partial charge in [0, 0.05) is 32.2 Å².